The summed E-state index contributed by atoms with van der Waals surface area (Å²) in [5.74, 6) is -0.292. The Hall–Kier alpha value is -1.07. The van der Waals surface area contributed by atoms with Crippen LogP contribution >= 0.6 is 15.9 Å². The number of phenolic OH excluding ortho intramolecular Hbond substituents is 1. The standard InChI is InChI=1S/C13H16BrNO3/c14-8-1-6-11(12(17)7-8)13(18)15-9-2-4-10(16)5-3-9/h1,6-7,9-10,16-17H,2-5H2,(H,15,18). The molecule has 0 atom stereocenters. The Kier molecular flexibility index (Phi) is 4.24. The number of rotatable bonds is 2. The number of hydrogen-bond acceptors (Lipinski definition) is 3. The summed E-state index contributed by atoms with van der Waals surface area (Å²) in [5, 5.41) is 22.0. The fourth-order valence-corrected chi connectivity index (χ4v) is 2.53. The van der Waals surface area contributed by atoms with Crippen molar-refractivity contribution < 1.29 is 15.0 Å². The second kappa shape index (κ2) is 5.71. The van der Waals surface area contributed by atoms with Gasteiger partial charge in [0, 0.05) is 10.5 Å². The van der Waals surface area contributed by atoms with Crippen LogP contribution in [0.15, 0.2) is 22.7 Å². The third-order valence-corrected chi connectivity index (χ3v) is 3.73. The van der Waals surface area contributed by atoms with E-state index < -0.39 is 0 Å². The van der Waals surface area contributed by atoms with Crippen LogP contribution in [0, 0.1) is 0 Å². The normalized spacial score (nSPS) is 23.7. The second-order valence-corrected chi connectivity index (χ2v) is 5.56. The third-order valence-electron chi connectivity index (χ3n) is 3.24. The van der Waals surface area contributed by atoms with Gasteiger partial charge in [0.25, 0.3) is 5.91 Å². The van der Waals surface area contributed by atoms with Crippen LogP contribution in [0.3, 0.4) is 0 Å². The lowest BCUT2D eigenvalue weighted by Crippen LogP contribution is -2.38. The highest BCUT2D eigenvalue weighted by molar-refractivity contribution is 9.10. The molecule has 5 heteroatoms. The zero-order valence-electron chi connectivity index (χ0n) is 9.90. The summed E-state index contributed by atoms with van der Waals surface area (Å²) in [6, 6.07) is 4.90. The predicted molar refractivity (Wildman–Crippen MR) is 71.5 cm³/mol. The average molecular weight is 314 g/mol. The molecule has 18 heavy (non-hydrogen) atoms. The smallest absolute Gasteiger partial charge is 0.255 e. The molecule has 0 aliphatic heterocycles. The van der Waals surface area contributed by atoms with Gasteiger partial charge in [-0.15, -0.1) is 0 Å². The van der Waals surface area contributed by atoms with E-state index in [-0.39, 0.29) is 29.4 Å². The Morgan fingerprint density at radius 1 is 1.28 bits per heavy atom. The molecule has 4 nitrogen and oxygen atoms in total. The second-order valence-electron chi connectivity index (χ2n) is 4.64. The molecule has 0 bridgehead atoms. The highest BCUT2D eigenvalue weighted by Gasteiger charge is 2.22. The molecule has 1 saturated carbocycles. The van der Waals surface area contributed by atoms with Gasteiger partial charge in [0.1, 0.15) is 5.75 Å². The number of halogens is 1. The summed E-state index contributed by atoms with van der Waals surface area (Å²) in [4.78, 5) is 12.0. The highest BCUT2D eigenvalue weighted by Crippen LogP contribution is 2.23. The molecule has 0 unspecified atom stereocenters. The molecule has 1 aromatic carbocycles. The minimum absolute atomic E-state index is 0.0299. The van der Waals surface area contributed by atoms with E-state index in [4.69, 9.17) is 0 Å². The highest BCUT2D eigenvalue weighted by atomic mass is 79.9. The molecule has 0 radical (unpaired) electrons. The molecule has 0 saturated heterocycles. The molecule has 0 spiro atoms. The summed E-state index contributed by atoms with van der Waals surface area (Å²) in [6.45, 7) is 0. The molecule has 1 amide bonds. The van der Waals surface area contributed by atoms with Crippen LogP contribution < -0.4 is 5.32 Å². The lowest BCUT2D eigenvalue weighted by atomic mass is 9.93. The van der Waals surface area contributed by atoms with E-state index in [0.717, 1.165) is 30.2 Å². The Labute approximate surface area is 114 Å². The summed E-state index contributed by atoms with van der Waals surface area (Å²) in [5.41, 5.74) is 0.282. The van der Waals surface area contributed by atoms with Crippen molar-refractivity contribution in [1.29, 1.82) is 0 Å². The summed E-state index contributed by atoms with van der Waals surface area (Å²) in [6.07, 6.45) is 2.77. The van der Waals surface area contributed by atoms with Crippen LogP contribution in [0.5, 0.6) is 5.75 Å². The number of amides is 1. The largest absolute Gasteiger partial charge is 0.507 e. The zero-order chi connectivity index (χ0) is 13.1. The van der Waals surface area contributed by atoms with Gasteiger partial charge < -0.3 is 15.5 Å². The van der Waals surface area contributed by atoms with Gasteiger partial charge in [-0.05, 0) is 43.9 Å². The predicted octanol–water partition coefficient (Wildman–Crippen LogP) is 2.19. The molecule has 3 N–H and O–H groups in total. The number of aliphatic hydroxyl groups is 1. The van der Waals surface area contributed by atoms with Crippen LogP contribution in [-0.2, 0) is 0 Å². The first kappa shape index (κ1) is 13.4. The number of hydrogen-bond donors (Lipinski definition) is 3. The maximum Gasteiger partial charge on any atom is 0.255 e. The molecule has 98 valence electrons. The van der Waals surface area contributed by atoms with Crippen LogP contribution in [0.2, 0.25) is 0 Å². The number of carbonyl (C=O) groups is 1. The summed E-state index contributed by atoms with van der Waals surface area (Å²) >= 11 is 3.23. The lowest BCUT2D eigenvalue weighted by molar-refractivity contribution is 0.0865. The van der Waals surface area contributed by atoms with Gasteiger partial charge in [0.2, 0.25) is 0 Å². The molecular formula is C13H16BrNO3. The monoisotopic (exact) mass is 313 g/mol. The van der Waals surface area contributed by atoms with Crippen LogP contribution in [0.4, 0.5) is 0 Å². The molecule has 1 aromatic rings. The topological polar surface area (TPSA) is 69.6 Å². The number of phenols is 1. The van der Waals surface area contributed by atoms with Gasteiger partial charge in [-0.3, -0.25) is 4.79 Å². The van der Waals surface area contributed by atoms with Crippen molar-refractivity contribution in [2.24, 2.45) is 0 Å². The number of aliphatic hydroxyl groups excluding tert-OH is 1. The van der Waals surface area contributed by atoms with E-state index in [0.29, 0.717) is 0 Å². The Bertz CT molecular complexity index is 442. The molecule has 0 heterocycles. The van der Waals surface area contributed by atoms with Crippen molar-refractivity contribution >= 4 is 21.8 Å². The molecule has 1 fully saturated rings. The minimum atomic E-state index is -0.263. The van der Waals surface area contributed by atoms with Gasteiger partial charge in [0.15, 0.2) is 0 Å². The molecule has 0 aromatic heterocycles. The van der Waals surface area contributed by atoms with Crippen molar-refractivity contribution in [2.45, 2.75) is 37.8 Å². The Balaban J connectivity index is 1.99. The van der Waals surface area contributed by atoms with Crippen molar-refractivity contribution in [3.8, 4) is 5.75 Å². The van der Waals surface area contributed by atoms with Gasteiger partial charge in [-0.25, -0.2) is 0 Å². The first-order valence-corrected chi connectivity index (χ1v) is 6.83. The van der Waals surface area contributed by atoms with Crippen LogP contribution in [0.25, 0.3) is 0 Å². The van der Waals surface area contributed by atoms with Crippen molar-refractivity contribution in [3.05, 3.63) is 28.2 Å². The summed E-state index contributed by atoms with van der Waals surface area (Å²) in [7, 11) is 0. The van der Waals surface area contributed by atoms with Crippen molar-refractivity contribution in [2.75, 3.05) is 0 Å². The number of benzene rings is 1. The van der Waals surface area contributed by atoms with Crippen molar-refractivity contribution in [1.82, 2.24) is 5.32 Å². The van der Waals surface area contributed by atoms with Crippen molar-refractivity contribution in [3.63, 3.8) is 0 Å². The fourth-order valence-electron chi connectivity index (χ4n) is 2.18. The van der Waals surface area contributed by atoms with E-state index in [1.807, 2.05) is 0 Å². The van der Waals surface area contributed by atoms with Crippen LogP contribution in [0.1, 0.15) is 36.0 Å². The molecule has 1 aliphatic carbocycles. The SMILES string of the molecule is O=C(NC1CCC(O)CC1)c1ccc(Br)cc1O. The fraction of sp³-hybridized carbons (Fsp3) is 0.462. The first-order valence-electron chi connectivity index (χ1n) is 6.03. The average Bonchev–Trinajstić information content (AvgIpc) is 2.32. The molecule has 2 rings (SSSR count). The molecular weight excluding hydrogens is 298 g/mol. The van der Waals surface area contributed by atoms with E-state index in [1.54, 1.807) is 12.1 Å². The van der Waals surface area contributed by atoms with E-state index in [1.165, 1.54) is 6.07 Å². The molecule has 1 aliphatic rings. The Morgan fingerprint density at radius 2 is 1.94 bits per heavy atom. The lowest BCUT2D eigenvalue weighted by Gasteiger charge is -2.26. The first-order chi connectivity index (χ1) is 8.56. The van der Waals surface area contributed by atoms with E-state index in [9.17, 15) is 15.0 Å². The number of nitrogens with one attached hydrogen (secondary N) is 1. The Morgan fingerprint density at radius 3 is 2.56 bits per heavy atom. The maximum atomic E-state index is 12.0. The van der Waals surface area contributed by atoms with Gasteiger partial charge >= 0.3 is 0 Å². The quantitative estimate of drug-likeness (QED) is 0.784. The minimum Gasteiger partial charge on any atom is -0.507 e. The van der Waals surface area contributed by atoms with E-state index in [2.05, 4.69) is 21.2 Å². The van der Waals surface area contributed by atoms with E-state index >= 15 is 0 Å². The van der Waals surface area contributed by atoms with Gasteiger partial charge in [-0.2, -0.15) is 0 Å². The maximum absolute atomic E-state index is 12.0. The summed E-state index contributed by atoms with van der Waals surface area (Å²) < 4.78 is 0.734. The number of carbonyl (C=O) groups excluding carboxylic acids is 1. The third kappa shape index (κ3) is 3.23. The van der Waals surface area contributed by atoms with Gasteiger partial charge in [0.05, 0.1) is 11.7 Å². The van der Waals surface area contributed by atoms with Crippen LogP contribution in [-0.4, -0.2) is 28.3 Å². The number of aromatic hydroxyl groups is 1. The van der Waals surface area contributed by atoms with Gasteiger partial charge in [-0.1, -0.05) is 15.9 Å². The zero-order valence-corrected chi connectivity index (χ0v) is 11.5.